The molecule has 2 amide bonds. The second kappa shape index (κ2) is 15.5. The van der Waals surface area contributed by atoms with Crippen LogP contribution in [0.5, 0.6) is 0 Å². The molecule has 0 radical (unpaired) electrons. The zero-order valence-electron chi connectivity index (χ0n) is 20.9. The van der Waals surface area contributed by atoms with Gasteiger partial charge in [-0.05, 0) is 28.7 Å². The first-order valence-electron chi connectivity index (χ1n) is 11.9. The van der Waals surface area contributed by atoms with Crippen LogP contribution in [0, 0.1) is 12.3 Å². The molecule has 0 bridgehead atoms. The van der Waals surface area contributed by atoms with Crippen molar-refractivity contribution in [3.63, 3.8) is 0 Å². The average Bonchev–Trinajstić information content (AvgIpc) is 3.12. The molecular weight excluding hydrogens is 494 g/mol. The van der Waals surface area contributed by atoms with Crippen molar-refractivity contribution < 1.29 is 9.59 Å². The van der Waals surface area contributed by atoms with Crippen molar-refractivity contribution in [1.82, 2.24) is 21.2 Å². The highest BCUT2D eigenvalue weighted by atomic mass is 32.2. The normalized spacial score (nSPS) is 12.7. The lowest BCUT2D eigenvalue weighted by Gasteiger charge is -2.11. The summed E-state index contributed by atoms with van der Waals surface area (Å²) in [7, 11) is 0. The summed E-state index contributed by atoms with van der Waals surface area (Å²) in [4.78, 5) is 32.4. The zero-order chi connectivity index (χ0) is 27.0. The van der Waals surface area contributed by atoms with Crippen LogP contribution in [-0.2, 0) is 22.6 Å². The molecule has 192 valence electrons. The van der Waals surface area contributed by atoms with Gasteiger partial charge >= 0.3 is 0 Å². The molecule has 1 aliphatic heterocycles. The second-order valence-corrected chi connectivity index (χ2v) is 8.95. The summed E-state index contributed by atoms with van der Waals surface area (Å²) >= 11 is 1.67. The number of carbonyl (C=O) groups is 2. The van der Waals surface area contributed by atoms with Gasteiger partial charge in [-0.3, -0.25) is 30.4 Å². The molecule has 38 heavy (non-hydrogen) atoms. The van der Waals surface area contributed by atoms with E-state index in [1.807, 2.05) is 60.8 Å². The van der Waals surface area contributed by atoms with E-state index >= 15 is 0 Å². The van der Waals surface area contributed by atoms with Crippen LogP contribution in [0.1, 0.15) is 29.5 Å². The van der Waals surface area contributed by atoms with E-state index in [9.17, 15) is 9.59 Å². The van der Waals surface area contributed by atoms with Gasteiger partial charge in [0.25, 0.3) is 0 Å². The Morgan fingerprint density at radius 1 is 1.03 bits per heavy atom. The maximum Gasteiger partial charge on any atom is 0.242 e. The molecule has 0 atom stereocenters. The number of carbonyl (C=O) groups excluding carboxylic acids is 2. The number of rotatable bonds is 7. The Balaban J connectivity index is 0.000000223. The fraction of sp³-hybridized carbons (Fsp3) is 0.133. The Morgan fingerprint density at radius 2 is 1.76 bits per heavy atom. The predicted octanol–water partition coefficient (Wildman–Crippen LogP) is 4.54. The van der Waals surface area contributed by atoms with Crippen LogP contribution in [0.15, 0.2) is 113 Å². The topological polar surface area (TPSA) is 95.5 Å². The first-order valence-corrected chi connectivity index (χ1v) is 12.8. The van der Waals surface area contributed by atoms with Gasteiger partial charge in [-0.25, -0.2) is 0 Å². The van der Waals surface area contributed by atoms with E-state index in [0.29, 0.717) is 13.0 Å². The highest BCUT2D eigenvalue weighted by molar-refractivity contribution is 8.02. The van der Waals surface area contributed by atoms with Gasteiger partial charge in [-0.2, -0.15) is 0 Å². The minimum Gasteiger partial charge on any atom is -0.342 e. The number of amides is 2. The lowest BCUT2D eigenvalue weighted by molar-refractivity contribution is -0.128. The number of hydrazine groups is 1. The highest BCUT2D eigenvalue weighted by Gasteiger charge is 2.14. The van der Waals surface area contributed by atoms with Crippen LogP contribution >= 0.6 is 11.8 Å². The molecule has 7 nitrogen and oxygen atoms in total. The van der Waals surface area contributed by atoms with Crippen LogP contribution in [-0.4, -0.2) is 22.6 Å². The Hall–Kier alpha value is -4.61. The molecule has 1 aromatic heterocycles. The van der Waals surface area contributed by atoms with E-state index in [4.69, 9.17) is 11.4 Å². The number of nitrogens with zero attached hydrogens (tertiary/aromatic N) is 2. The standard InChI is InChI=1S/C18H15N3S.C12H14N2O2/c1-2-6-15-13-22-17-9-4-3-8-16(17)18(21-15)20-12-14-7-5-10-19-11-14;1-2-6-11(15)13-14-12(16)9-10-7-4-3-5-8-10/h1,3-5,7-11,13H,6,12H2,(H,20,21);2-5,7-8H,1,6,9H2,(H,13,15)(H,14,16). The Morgan fingerprint density at radius 3 is 2.50 bits per heavy atom. The van der Waals surface area contributed by atoms with Crippen LogP contribution < -0.4 is 16.2 Å². The van der Waals surface area contributed by atoms with Crippen LogP contribution in [0.3, 0.4) is 0 Å². The van der Waals surface area contributed by atoms with Crippen molar-refractivity contribution in [3.8, 4) is 12.3 Å². The number of benzene rings is 2. The lowest BCUT2D eigenvalue weighted by Crippen LogP contribution is -2.42. The summed E-state index contributed by atoms with van der Waals surface area (Å²) in [6, 6.07) is 21.5. The van der Waals surface area contributed by atoms with Crippen LogP contribution in [0.4, 0.5) is 0 Å². The molecule has 0 aliphatic carbocycles. The van der Waals surface area contributed by atoms with E-state index in [-0.39, 0.29) is 24.7 Å². The van der Waals surface area contributed by atoms with Crippen molar-refractivity contribution in [2.75, 3.05) is 0 Å². The number of amidine groups is 1. The number of nitrogens with one attached hydrogen (secondary N) is 3. The van der Waals surface area contributed by atoms with E-state index in [2.05, 4.69) is 51.2 Å². The van der Waals surface area contributed by atoms with E-state index in [1.165, 1.54) is 11.0 Å². The number of aromatic nitrogens is 1. The maximum absolute atomic E-state index is 11.4. The van der Waals surface area contributed by atoms with Gasteiger partial charge in [0.05, 0.1) is 13.0 Å². The Bertz CT molecular complexity index is 1330. The Kier molecular flexibility index (Phi) is 11.4. The van der Waals surface area contributed by atoms with Crippen molar-refractivity contribution in [1.29, 1.82) is 0 Å². The van der Waals surface area contributed by atoms with Gasteiger partial charge in [-0.1, -0.05) is 72.4 Å². The number of terminal acetylenes is 1. The van der Waals surface area contributed by atoms with Gasteiger partial charge in [0, 0.05) is 41.4 Å². The molecule has 0 fully saturated rings. The SMILES string of the molecule is C#CCC1=CSc2ccccc2C(=NCc2cccnc2)N1.C=CCC(=O)NNC(=O)Cc1ccccc1. The third kappa shape index (κ3) is 9.45. The number of pyridine rings is 1. The highest BCUT2D eigenvalue weighted by Crippen LogP contribution is 2.28. The molecule has 1 aliphatic rings. The fourth-order valence-corrected chi connectivity index (χ4v) is 4.14. The monoisotopic (exact) mass is 523 g/mol. The minimum atomic E-state index is -0.281. The summed E-state index contributed by atoms with van der Waals surface area (Å²) in [6.45, 7) is 4.00. The van der Waals surface area contributed by atoms with Gasteiger partial charge in [-0.15, -0.1) is 18.9 Å². The first kappa shape index (κ1) is 28.0. The molecule has 4 rings (SSSR count). The number of allylic oxidation sites excluding steroid dienone is 1. The Labute approximate surface area is 227 Å². The fourth-order valence-electron chi connectivity index (χ4n) is 3.28. The van der Waals surface area contributed by atoms with Gasteiger partial charge in [0.15, 0.2) is 0 Å². The molecule has 3 N–H and O–H groups in total. The number of aliphatic imine (C=N–C) groups is 1. The maximum atomic E-state index is 11.4. The largest absolute Gasteiger partial charge is 0.342 e. The third-order valence-electron chi connectivity index (χ3n) is 5.06. The molecule has 2 heterocycles. The molecule has 3 aromatic rings. The quantitative estimate of drug-likeness (QED) is 0.240. The smallest absolute Gasteiger partial charge is 0.242 e. The van der Waals surface area contributed by atoms with Crippen molar-refractivity contribution >= 4 is 29.4 Å². The summed E-state index contributed by atoms with van der Waals surface area (Å²) < 4.78 is 0. The van der Waals surface area contributed by atoms with Crippen LogP contribution in [0.2, 0.25) is 0 Å². The molecular formula is C30H29N5O2S. The van der Waals surface area contributed by atoms with E-state index in [1.54, 1.807) is 18.0 Å². The van der Waals surface area contributed by atoms with Crippen LogP contribution in [0.25, 0.3) is 0 Å². The summed E-state index contributed by atoms with van der Waals surface area (Å²) in [5.41, 5.74) is 8.69. The molecule has 8 heteroatoms. The predicted molar refractivity (Wildman–Crippen MR) is 153 cm³/mol. The first-order chi connectivity index (χ1) is 18.6. The second-order valence-electron chi connectivity index (χ2n) is 8.04. The summed E-state index contributed by atoms with van der Waals surface area (Å²) in [5.74, 6) is 3.00. The summed E-state index contributed by atoms with van der Waals surface area (Å²) in [6.07, 6.45) is 11.5. The average molecular weight is 524 g/mol. The number of thioether (sulfide) groups is 1. The molecule has 0 saturated carbocycles. The summed E-state index contributed by atoms with van der Waals surface area (Å²) in [5, 5.41) is 5.43. The van der Waals surface area contributed by atoms with Crippen molar-refractivity contribution in [2.24, 2.45) is 4.99 Å². The van der Waals surface area contributed by atoms with E-state index < -0.39 is 0 Å². The molecule has 0 saturated heterocycles. The molecule has 2 aromatic carbocycles. The zero-order valence-corrected chi connectivity index (χ0v) is 21.7. The van der Waals surface area contributed by atoms with Gasteiger partial charge in [0.2, 0.25) is 11.8 Å². The number of hydrogen-bond donors (Lipinski definition) is 3. The molecule has 0 spiro atoms. The van der Waals surface area contributed by atoms with E-state index in [0.717, 1.165) is 28.2 Å². The minimum absolute atomic E-state index is 0.186. The number of fused-ring (bicyclic) bond motifs is 1. The molecule has 0 unspecified atom stereocenters. The van der Waals surface area contributed by atoms with Crippen molar-refractivity contribution in [3.05, 3.63) is 120 Å². The van der Waals surface area contributed by atoms with Crippen molar-refractivity contribution in [2.45, 2.75) is 30.7 Å². The lowest BCUT2D eigenvalue weighted by atomic mass is 10.1. The number of hydrogen-bond acceptors (Lipinski definition) is 5. The van der Waals surface area contributed by atoms with Gasteiger partial charge in [0.1, 0.15) is 5.84 Å². The third-order valence-corrected chi connectivity index (χ3v) is 6.08. The van der Waals surface area contributed by atoms with Gasteiger partial charge < -0.3 is 5.32 Å².